The van der Waals surface area contributed by atoms with E-state index in [1.165, 1.54) is 11.4 Å². The summed E-state index contributed by atoms with van der Waals surface area (Å²) >= 11 is 0. The molecule has 0 radical (unpaired) electrons. The lowest BCUT2D eigenvalue weighted by atomic mass is 10.2. The molecule has 0 spiro atoms. The Balaban J connectivity index is 1.98. The predicted octanol–water partition coefficient (Wildman–Crippen LogP) is 1.51. The fourth-order valence-electron chi connectivity index (χ4n) is 2.52. The lowest BCUT2D eigenvalue weighted by molar-refractivity contribution is -0.140. The monoisotopic (exact) mass is 342 g/mol. The molecule has 2 heterocycles. The van der Waals surface area contributed by atoms with Crippen LogP contribution >= 0.6 is 0 Å². The molecule has 130 valence electrons. The summed E-state index contributed by atoms with van der Waals surface area (Å²) in [6.45, 7) is 3.21. The molecule has 0 fully saturated rings. The first-order valence-electron chi connectivity index (χ1n) is 7.75. The number of esters is 1. The summed E-state index contributed by atoms with van der Waals surface area (Å²) in [5, 5.41) is 2.97. The van der Waals surface area contributed by atoms with Crippen molar-refractivity contribution in [2.45, 2.75) is 20.3 Å². The molecule has 3 aromatic rings. The van der Waals surface area contributed by atoms with Crippen molar-refractivity contribution < 1.29 is 14.3 Å². The third-order valence-corrected chi connectivity index (χ3v) is 3.82. The summed E-state index contributed by atoms with van der Waals surface area (Å²) in [6.07, 6.45) is 0.303. The van der Waals surface area contributed by atoms with Crippen LogP contribution in [0.2, 0.25) is 0 Å². The maximum Gasteiger partial charge on any atom is 0.302 e. The van der Waals surface area contributed by atoms with Crippen LogP contribution in [0, 0.1) is 6.92 Å². The van der Waals surface area contributed by atoms with Crippen molar-refractivity contribution in [3.05, 3.63) is 45.9 Å². The number of hydrogen-bond acceptors (Lipinski definition) is 6. The largest absolute Gasteiger partial charge is 0.497 e. The molecule has 8 nitrogen and oxygen atoms in total. The number of nitrogens with one attached hydrogen (secondary N) is 1. The summed E-state index contributed by atoms with van der Waals surface area (Å²) in [5.41, 5.74) is 1.63. The predicted molar refractivity (Wildman–Crippen MR) is 90.7 cm³/mol. The van der Waals surface area contributed by atoms with E-state index in [9.17, 15) is 9.59 Å². The topological polar surface area (TPSA) is 98.6 Å². The molecule has 0 aliphatic heterocycles. The van der Waals surface area contributed by atoms with E-state index in [1.807, 2.05) is 24.3 Å². The SMILES string of the molecule is COc1ccc(-c2nc3nc(C)c(CCOC(C)=O)c(=O)n3[nH]2)cc1. The minimum absolute atomic E-state index is 0.138. The standard InChI is InChI=1S/C17H18N4O4/c1-10-14(8-9-25-11(2)22)16(23)21-17(18-10)19-15(20-21)12-4-6-13(24-3)7-5-12/h4-7H,8-9H2,1-3H3,(H,18,19,20). The lowest BCUT2D eigenvalue weighted by Gasteiger charge is -2.04. The minimum atomic E-state index is -0.380. The average Bonchev–Trinajstić information content (AvgIpc) is 3.01. The first-order valence-corrected chi connectivity index (χ1v) is 7.75. The second kappa shape index (κ2) is 6.76. The van der Waals surface area contributed by atoms with Gasteiger partial charge >= 0.3 is 5.97 Å². The number of aromatic nitrogens is 4. The third-order valence-electron chi connectivity index (χ3n) is 3.82. The highest BCUT2D eigenvalue weighted by molar-refractivity contribution is 5.65. The second-order valence-corrected chi connectivity index (χ2v) is 5.51. The van der Waals surface area contributed by atoms with Gasteiger partial charge in [0.15, 0.2) is 5.82 Å². The van der Waals surface area contributed by atoms with Crippen LogP contribution in [0.1, 0.15) is 18.2 Å². The molecule has 0 aliphatic carbocycles. The molecular weight excluding hydrogens is 324 g/mol. The molecule has 0 atom stereocenters. The highest BCUT2D eigenvalue weighted by atomic mass is 16.5. The molecule has 3 rings (SSSR count). The van der Waals surface area contributed by atoms with Gasteiger partial charge in [-0.1, -0.05) is 0 Å². The molecule has 25 heavy (non-hydrogen) atoms. The van der Waals surface area contributed by atoms with Gasteiger partial charge in [-0.2, -0.15) is 9.50 Å². The van der Waals surface area contributed by atoms with Gasteiger partial charge in [-0.3, -0.25) is 14.7 Å². The molecule has 1 aromatic carbocycles. The Morgan fingerprint density at radius 1 is 1.24 bits per heavy atom. The first-order chi connectivity index (χ1) is 12.0. The number of ether oxygens (including phenoxy) is 2. The Morgan fingerprint density at radius 3 is 2.60 bits per heavy atom. The van der Waals surface area contributed by atoms with E-state index in [2.05, 4.69) is 15.1 Å². The van der Waals surface area contributed by atoms with Crippen molar-refractivity contribution in [2.75, 3.05) is 13.7 Å². The van der Waals surface area contributed by atoms with Crippen LogP contribution in [0.4, 0.5) is 0 Å². The highest BCUT2D eigenvalue weighted by Gasteiger charge is 2.14. The quantitative estimate of drug-likeness (QED) is 0.706. The lowest BCUT2D eigenvalue weighted by Crippen LogP contribution is -2.23. The number of fused-ring (bicyclic) bond motifs is 1. The number of H-pyrrole nitrogens is 1. The van der Waals surface area contributed by atoms with E-state index in [0.29, 0.717) is 29.3 Å². The number of hydrogen-bond donors (Lipinski definition) is 1. The zero-order chi connectivity index (χ0) is 18.0. The maximum atomic E-state index is 12.7. The molecule has 0 saturated heterocycles. The van der Waals surface area contributed by atoms with Crippen LogP contribution < -0.4 is 10.3 Å². The summed E-state index contributed by atoms with van der Waals surface area (Å²) in [5.74, 6) is 1.18. The van der Waals surface area contributed by atoms with Gasteiger partial charge < -0.3 is 9.47 Å². The van der Waals surface area contributed by atoms with Crippen LogP contribution in [0.15, 0.2) is 29.1 Å². The normalized spacial score (nSPS) is 10.8. The summed E-state index contributed by atoms with van der Waals surface area (Å²) in [4.78, 5) is 32.3. The Morgan fingerprint density at radius 2 is 1.96 bits per heavy atom. The zero-order valence-corrected chi connectivity index (χ0v) is 14.2. The van der Waals surface area contributed by atoms with Crippen LogP contribution in [0.25, 0.3) is 17.2 Å². The zero-order valence-electron chi connectivity index (χ0n) is 14.2. The van der Waals surface area contributed by atoms with Gasteiger partial charge in [-0.15, -0.1) is 0 Å². The van der Waals surface area contributed by atoms with Crippen LogP contribution in [-0.4, -0.2) is 39.3 Å². The number of methoxy groups -OCH3 is 1. The molecule has 0 unspecified atom stereocenters. The van der Waals surface area contributed by atoms with Crippen LogP contribution in [0.5, 0.6) is 5.75 Å². The van der Waals surface area contributed by atoms with Gasteiger partial charge in [0.2, 0.25) is 0 Å². The Kier molecular flexibility index (Phi) is 4.51. The van der Waals surface area contributed by atoms with Crippen molar-refractivity contribution in [2.24, 2.45) is 0 Å². The third kappa shape index (κ3) is 3.37. The van der Waals surface area contributed by atoms with Crippen molar-refractivity contribution in [3.8, 4) is 17.1 Å². The molecule has 1 N–H and O–H groups in total. The van der Waals surface area contributed by atoms with Gasteiger partial charge in [-0.05, 0) is 31.2 Å². The number of benzene rings is 1. The molecule has 2 aromatic heterocycles. The van der Waals surface area contributed by atoms with Crippen molar-refractivity contribution in [1.82, 2.24) is 19.6 Å². The van der Waals surface area contributed by atoms with E-state index in [1.54, 1.807) is 14.0 Å². The minimum Gasteiger partial charge on any atom is -0.497 e. The Labute approximate surface area is 143 Å². The molecule has 0 amide bonds. The average molecular weight is 342 g/mol. The number of rotatable bonds is 5. The van der Waals surface area contributed by atoms with Gasteiger partial charge in [0.05, 0.1) is 19.4 Å². The fourth-order valence-corrected chi connectivity index (χ4v) is 2.52. The second-order valence-electron chi connectivity index (χ2n) is 5.51. The van der Waals surface area contributed by atoms with Gasteiger partial charge in [-0.25, -0.2) is 4.98 Å². The first kappa shape index (κ1) is 16.7. The molecule has 0 aliphatic rings. The van der Waals surface area contributed by atoms with Crippen LogP contribution in [0.3, 0.4) is 0 Å². The van der Waals surface area contributed by atoms with Gasteiger partial charge in [0.1, 0.15) is 5.75 Å². The van der Waals surface area contributed by atoms with E-state index in [4.69, 9.17) is 9.47 Å². The van der Waals surface area contributed by atoms with Crippen LogP contribution in [-0.2, 0) is 16.0 Å². The van der Waals surface area contributed by atoms with E-state index in [-0.39, 0.29) is 18.1 Å². The van der Waals surface area contributed by atoms with Gasteiger partial charge in [0.25, 0.3) is 11.3 Å². The van der Waals surface area contributed by atoms with Crippen molar-refractivity contribution >= 4 is 11.7 Å². The summed E-state index contributed by atoms with van der Waals surface area (Å²) in [6, 6.07) is 7.31. The van der Waals surface area contributed by atoms with Crippen molar-refractivity contribution in [1.29, 1.82) is 0 Å². The Hall–Kier alpha value is -3.16. The van der Waals surface area contributed by atoms with Crippen molar-refractivity contribution in [3.63, 3.8) is 0 Å². The summed E-state index contributed by atoms with van der Waals surface area (Å²) < 4.78 is 11.3. The molecule has 0 saturated carbocycles. The number of nitrogens with zero attached hydrogens (tertiary/aromatic N) is 3. The summed E-state index contributed by atoms with van der Waals surface area (Å²) in [7, 11) is 1.60. The molecule has 0 bridgehead atoms. The molecular formula is C17H18N4O4. The molecule has 8 heteroatoms. The van der Waals surface area contributed by atoms with E-state index >= 15 is 0 Å². The smallest absolute Gasteiger partial charge is 0.302 e. The van der Waals surface area contributed by atoms with E-state index in [0.717, 1.165) is 11.3 Å². The number of carbonyl (C=O) groups is 1. The Bertz CT molecular complexity index is 973. The number of aryl methyl sites for hydroxylation is 1. The number of aromatic amines is 1. The maximum absolute atomic E-state index is 12.7. The number of carbonyl (C=O) groups excluding carboxylic acids is 1. The van der Waals surface area contributed by atoms with E-state index < -0.39 is 0 Å². The highest BCUT2D eigenvalue weighted by Crippen LogP contribution is 2.19. The fraction of sp³-hybridized carbons (Fsp3) is 0.294. The van der Waals surface area contributed by atoms with Gasteiger partial charge in [0, 0.05) is 24.5 Å².